The topological polar surface area (TPSA) is 58.4 Å². The molecule has 1 atom stereocenters. The molecule has 1 aromatic heterocycles. The largest absolute Gasteiger partial charge is 0.438 e. The Hall–Kier alpha value is -3.74. The maximum absolute atomic E-state index is 14.2. The molecule has 0 saturated carbocycles. The standard InChI is InChI=1S/C26H23F2N3O2/c1-15-5-8-19(12-16(15)2)29-26(32)31-11-3-4-23(31)25-30-22-13-17(6-10-24(22)33-25)20-9-7-18(27)14-21(20)28/h5-10,12-14,23H,3-4,11H2,1-2H3,(H,29,32)/t23-/m0/s1. The van der Waals surface area contributed by atoms with Crippen molar-refractivity contribution in [2.75, 3.05) is 11.9 Å². The summed E-state index contributed by atoms with van der Waals surface area (Å²) in [5, 5.41) is 2.97. The molecule has 0 unspecified atom stereocenters. The molecular formula is C26H23F2N3O2. The highest BCUT2D eigenvalue weighted by Crippen LogP contribution is 2.35. The van der Waals surface area contributed by atoms with Crippen molar-refractivity contribution in [3.63, 3.8) is 0 Å². The summed E-state index contributed by atoms with van der Waals surface area (Å²) in [5.74, 6) is -0.807. The minimum absolute atomic E-state index is 0.197. The van der Waals surface area contributed by atoms with E-state index in [1.807, 2.05) is 32.0 Å². The van der Waals surface area contributed by atoms with Crippen molar-refractivity contribution >= 4 is 22.8 Å². The number of rotatable bonds is 3. The van der Waals surface area contributed by atoms with Crippen LogP contribution in [0.2, 0.25) is 0 Å². The third kappa shape index (κ3) is 4.06. The highest BCUT2D eigenvalue weighted by atomic mass is 19.1. The van der Waals surface area contributed by atoms with Gasteiger partial charge in [-0.1, -0.05) is 12.1 Å². The smallest absolute Gasteiger partial charge is 0.322 e. The quantitative estimate of drug-likeness (QED) is 0.378. The molecule has 4 aromatic rings. The first-order valence-corrected chi connectivity index (χ1v) is 10.9. The van der Waals surface area contributed by atoms with E-state index in [0.717, 1.165) is 30.2 Å². The highest BCUT2D eigenvalue weighted by Gasteiger charge is 2.33. The number of carbonyl (C=O) groups excluding carboxylic acids is 1. The zero-order valence-corrected chi connectivity index (χ0v) is 18.4. The fourth-order valence-electron chi connectivity index (χ4n) is 4.26. The van der Waals surface area contributed by atoms with Crippen LogP contribution < -0.4 is 5.32 Å². The van der Waals surface area contributed by atoms with Gasteiger partial charge in [-0.25, -0.2) is 18.6 Å². The van der Waals surface area contributed by atoms with Gasteiger partial charge in [0, 0.05) is 23.9 Å². The molecule has 1 aliphatic heterocycles. The highest BCUT2D eigenvalue weighted by molar-refractivity contribution is 5.90. The summed E-state index contributed by atoms with van der Waals surface area (Å²) in [6.45, 7) is 4.64. The number of benzene rings is 3. The molecule has 1 fully saturated rings. The lowest BCUT2D eigenvalue weighted by atomic mass is 10.0. The second-order valence-electron chi connectivity index (χ2n) is 8.44. The van der Waals surface area contributed by atoms with E-state index in [-0.39, 0.29) is 17.6 Å². The molecule has 0 bridgehead atoms. The summed E-state index contributed by atoms with van der Waals surface area (Å²) in [7, 11) is 0. The van der Waals surface area contributed by atoms with Gasteiger partial charge in [-0.2, -0.15) is 0 Å². The Labute approximate surface area is 190 Å². The van der Waals surface area contributed by atoms with Crippen LogP contribution in [-0.4, -0.2) is 22.5 Å². The molecule has 1 saturated heterocycles. The van der Waals surface area contributed by atoms with E-state index < -0.39 is 11.6 Å². The first kappa shape index (κ1) is 21.1. The van der Waals surface area contributed by atoms with Crippen LogP contribution in [0.25, 0.3) is 22.2 Å². The number of nitrogens with one attached hydrogen (secondary N) is 1. The van der Waals surface area contributed by atoms with Crippen molar-refractivity contribution in [3.05, 3.63) is 83.2 Å². The molecule has 168 valence electrons. The minimum atomic E-state index is -0.636. The van der Waals surface area contributed by atoms with E-state index in [0.29, 0.717) is 29.1 Å². The van der Waals surface area contributed by atoms with Crippen LogP contribution in [0, 0.1) is 25.5 Å². The Morgan fingerprint density at radius 1 is 1.06 bits per heavy atom. The number of anilines is 1. The van der Waals surface area contributed by atoms with Gasteiger partial charge in [0.2, 0.25) is 5.89 Å². The Bertz CT molecular complexity index is 1370. The summed E-state index contributed by atoms with van der Waals surface area (Å²) in [6.07, 6.45) is 1.59. The van der Waals surface area contributed by atoms with Crippen molar-refractivity contribution in [1.29, 1.82) is 0 Å². The van der Waals surface area contributed by atoms with Crippen LogP contribution in [0.3, 0.4) is 0 Å². The summed E-state index contributed by atoms with van der Waals surface area (Å²) >= 11 is 0. The van der Waals surface area contributed by atoms with E-state index in [2.05, 4.69) is 10.3 Å². The number of urea groups is 1. The van der Waals surface area contributed by atoms with Gasteiger partial charge in [-0.15, -0.1) is 0 Å². The second kappa shape index (κ2) is 8.31. The second-order valence-corrected chi connectivity index (χ2v) is 8.44. The molecule has 1 N–H and O–H groups in total. The van der Waals surface area contributed by atoms with Gasteiger partial charge in [-0.3, -0.25) is 0 Å². The van der Waals surface area contributed by atoms with Gasteiger partial charge in [0.15, 0.2) is 5.58 Å². The fraction of sp³-hybridized carbons (Fsp3) is 0.231. The van der Waals surface area contributed by atoms with Crippen LogP contribution in [-0.2, 0) is 0 Å². The average molecular weight is 447 g/mol. The number of carbonyl (C=O) groups is 1. The van der Waals surface area contributed by atoms with E-state index in [1.54, 1.807) is 23.1 Å². The molecule has 0 radical (unpaired) electrons. The fourth-order valence-corrected chi connectivity index (χ4v) is 4.26. The van der Waals surface area contributed by atoms with Gasteiger partial charge < -0.3 is 14.6 Å². The van der Waals surface area contributed by atoms with Gasteiger partial charge in [0.05, 0.1) is 0 Å². The van der Waals surface area contributed by atoms with Crippen LogP contribution in [0.4, 0.5) is 19.3 Å². The summed E-state index contributed by atoms with van der Waals surface area (Å²) in [4.78, 5) is 19.3. The number of nitrogens with zero attached hydrogens (tertiary/aromatic N) is 2. The number of amides is 2. The predicted molar refractivity (Wildman–Crippen MR) is 123 cm³/mol. The van der Waals surface area contributed by atoms with Crippen molar-refractivity contribution in [2.45, 2.75) is 32.7 Å². The normalized spacial score (nSPS) is 15.9. The minimum Gasteiger partial charge on any atom is -0.438 e. The van der Waals surface area contributed by atoms with Crippen molar-refractivity contribution in [2.24, 2.45) is 0 Å². The Balaban J connectivity index is 1.40. The number of hydrogen-bond acceptors (Lipinski definition) is 3. The lowest BCUT2D eigenvalue weighted by Gasteiger charge is -2.22. The molecule has 0 spiro atoms. The van der Waals surface area contributed by atoms with E-state index in [9.17, 15) is 13.6 Å². The van der Waals surface area contributed by atoms with Gasteiger partial charge >= 0.3 is 6.03 Å². The zero-order valence-electron chi connectivity index (χ0n) is 18.4. The zero-order chi connectivity index (χ0) is 23.1. The van der Waals surface area contributed by atoms with Crippen molar-refractivity contribution < 1.29 is 18.0 Å². The van der Waals surface area contributed by atoms with Crippen molar-refractivity contribution in [3.8, 4) is 11.1 Å². The van der Waals surface area contributed by atoms with Gasteiger partial charge in [-0.05, 0) is 79.8 Å². The molecule has 2 amide bonds. The summed E-state index contributed by atoms with van der Waals surface area (Å²) < 4.78 is 33.5. The molecule has 2 heterocycles. The number of fused-ring (bicyclic) bond motifs is 1. The van der Waals surface area contributed by atoms with Crippen LogP contribution in [0.15, 0.2) is 59.0 Å². The number of likely N-dealkylation sites (tertiary alicyclic amines) is 1. The molecule has 5 rings (SSSR count). The number of oxazole rings is 1. The maximum Gasteiger partial charge on any atom is 0.322 e. The molecule has 7 heteroatoms. The lowest BCUT2D eigenvalue weighted by Crippen LogP contribution is -2.34. The molecule has 5 nitrogen and oxygen atoms in total. The Morgan fingerprint density at radius 2 is 1.91 bits per heavy atom. The lowest BCUT2D eigenvalue weighted by molar-refractivity contribution is 0.199. The number of hydrogen-bond donors (Lipinski definition) is 1. The first-order valence-electron chi connectivity index (χ1n) is 10.9. The number of aryl methyl sites for hydroxylation is 2. The third-order valence-corrected chi connectivity index (χ3v) is 6.20. The molecule has 3 aromatic carbocycles. The average Bonchev–Trinajstić information content (AvgIpc) is 3.42. The van der Waals surface area contributed by atoms with E-state index in [1.165, 1.54) is 17.7 Å². The number of aromatic nitrogens is 1. The third-order valence-electron chi connectivity index (χ3n) is 6.20. The first-order chi connectivity index (χ1) is 15.9. The monoisotopic (exact) mass is 447 g/mol. The summed E-state index contributed by atoms with van der Waals surface area (Å²) in [6, 6.07) is 14.0. The van der Waals surface area contributed by atoms with Crippen molar-refractivity contribution in [1.82, 2.24) is 9.88 Å². The maximum atomic E-state index is 14.2. The van der Waals surface area contributed by atoms with E-state index in [4.69, 9.17) is 4.42 Å². The van der Waals surface area contributed by atoms with E-state index >= 15 is 0 Å². The Kier molecular flexibility index (Phi) is 5.32. The molecule has 33 heavy (non-hydrogen) atoms. The molecule has 1 aliphatic rings. The SMILES string of the molecule is Cc1ccc(NC(=O)N2CCC[C@H]2c2nc3cc(-c4ccc(F)cc4F)ccc3o2)cc1C. The molecule has 0 aliphatic carbocycles. The van der Waals surface area contributed by atoms with Crippen LogP contribution in [0.1, 0.15) is 35.9 Å². The Morgan fingerprint density at radius 3 is 2.70 bits per heavy atom. The van der Waals surface area contributed by atoms with Gasteiger partial charge in [0.1, 0.15) is 23.2 Å². The van der Waals surface area contributed by atoms with Gasteiger partial charge in [0.25, 0.3) is 0 Å². The summed E-state index contributed by atoms with van der Waals surface area (Å²) in [5.41, 5.74) is 5.01. The molecular weight excluding hydrogens is 424 g/mol. The van der Waals surface area contributed by atoms with Crippen LogP contribution in [0.5, 0.6) is 0 Å². The van der Waals surface area contributed by atoms with Crippen LogP contribution >= 0.6 is 0 Å². The predicted octanol–water partition coefficient (Wildman–Crippen LogP) is 6.76. The number of halogens is 2.